The summed E-state index contributed by atoms with van der Waals surface area (Å²) in [6, 6.07) is 5.90. The summed E-state index contributed by atoms with van der Waals surface area (Å²) in [5, 5.41) is 12.8. The maximum Gasteiger partial charge on any atom is 0.134 e. The van der Waals surface area contributed by atoms with E-state index in [2.05, 4.69) is 4.98 Å². The lowest BCUT2D eigenvalue weighted by atomic mass is 10.0. The van der Waals surface area contributed by atoms with Gasteiger partial charge in [0.25, 0.3) is 0 Å². The molecule has 3 rings (SSSR count). The van der Waals surface area contributed by atoms with Crippen molar-refractivity contribution in [2.75, 3.05) is 6.61 Å². The normalized spacial score (nSPS) is 15.6. The average molecular weight is 233 g/mol. The van der Waals surface area contributed by atoms with Crippen LogP contribution in [0.3, 0.4) is 0 Å². The molecule has 2 aromatic rings. The molecule has 1 aliphatic heterocycles. The molecule has 0 radical (unpaired) electrons. The first-order valence-electron chi connectivity index (χ1n) is 5.18. The van der Waals surface area contributed by atoms with Crippen LogP contribution in [0.4, 0.5) is 0 Å². The molecular weight excluding hydrogens is 222 g/mol. The van der Waals surface area contributed by atoms with E-state index in [1.165, 1.54) is 16.9 Å². The van der Waals surface area contributed by atoms with Crippen molar-refractivity contribution in [2.24, 2.45) is 0 Å². The Hall–Kier alpha value is -1.39. The fourth-order valence-corrected chi connectivity index (χ4v) is 2.60. The molecule has 4 heteroatoms. The molecule has 0 bridgehead atoms. The van der Waals surface area contributed by atoms with Crippen molar-refractivity contribution in [1.82, 2.24) is 4.98 Å². The molecular formula is C12H11NO2S. The largest absolute Gasteiger partial charge is 0.493 e. The molecule has 82 valence electrons. The summed E-state index contributed by atoms with van der Waals surface area (Å²) in [6.07, 6.45) is 1.95. The molecule has 3 nitrogen and oxygen atoms in total. The van der Waals surface area contributed by atoms with Gasteiger partial charge in [0.05, 0.1) is 6.61 Å². The van der Waals surface area contributed by atoms with E-state index >= 15 is 0 Å². The van der Waals surface area contributed by atoms with E-state index in [1.54, 1.807) is 6.20 Å². The molecule has 1 unspecified atom stereocenters. The molecule has 0 fully saturated rings. The number of para-hydroxylation sites is 1. The predicted molar refractivity (Wildman–Crippen MR) is 61.8 cm³/mol. The lowest BCUT2D eigenvalue weighted by Gasteiger charge is -2.12. The molecule has 2 heterocycles. The highest BCUT2D eigenvalue weighted by molar-refractivity contribution is 7.09. The number of thiazole rings is 1. The van der Waals surface area contributed by atoms with Crippen LogP contribution in [0.5, 0.6) is 5.75 Å². The van der Waals surface area contributed by atoms with E-state index in [0.717, 1.165) is 17.7 Å². The van der Waals surface area contributed by atoms with Crippen molar-refractivity contribution in [3.63, 3.8) is 0 Å². The fraction of sp³-hybridized carbons (Fsp3) is 0.250. The zero-order valence-corrected chi connectivity index (χ0v) is 9.41. The number of aliphatic hydroxyl groups excluding tert-OH is 1. The quantitative estimate of drug-likeness (QED) is 0.864. The SMILES string of the molecule is OC(c1nccs1)c1cccc2c1OCC2. The van der Waals surface area contributed by atoms with Gasteiger partial charge in [-0.3, -0.25) is 0 Å². The van der Waals surface area contributed by atoms with Crippen LogP contribution in [0.1, 0.15) is 22.2 Å². The van der Waals surface area contributed by atoms with E-state index in [1.807, 2.05) is 23.6 Å². The molecule has 1 aromatic heterocycles. The monoisotopic (exact) mass is 233 g/mol. The first-order chi connectivity index (χ1) is 7.86. The number of nitrogens with zero attached hydrogens (tertiary/aromatic N) is 1. The van der Waals surface area contributed by atoms with Gasteiger partial charge in [0, 0.05) is 23.6 Å². The van der Waals surface area contributed by atoms with Gasteiger partial charge in [-0.25, -0.2) is 4.98 Å². The fourth-order valence-electron chi connectivity index (χ4n) is 1.96. The van der Waals surface area contributed by atoms with Gasteiger partial charge in [0.1, 0.15) is 16.9 Å². The summed E-state index contributed by atoms with van der Waals surface area (Å²) >= 11 is 1.45. The van der Waals surface area contributed by atoms with Gasteiger partial charge in [-0.2, -0.15) is 0 Å². The minimum atomic E-state index is -0.673. The number of fused-ring (bicyclic) bond motifs is 1. The maximum absolute atomic E-state index is 10.2. The van der Waals surface area contributed by atoms with E-state index in [9.17, 15) is 5.11 Å². The van der Waals surface area contributed by atoms with Crippen LogP contribution in [-0.4, -0.2) is 16.7 Å². The number of aromatic nitrogens is 1. The number of hydrogen-bond acceptors (Lipinski definition) is 4. The standard InChI is InChI=1S/C12H11NO2S/c14-10(12-13-5-7-16-12)9-3-1-2-8-4-6-15-11(8)9/h1-3,5,7,10,14H,4,6H2. The Balaban J connectivity index is 2.04. The number of benzene rings is 1. The van der Waals surface area contributed by atoms with Gasteiger partial charge in [-0.1, -0.05) is 18.2 Å². The van der Waals surface area contributed by atoms with Crippen LogP contribution >= 0.6 is 11.3 Å². The topological polar surface area (TPSA) is 42.4 Å². The van der Waals surface area contributed by atoms with Gasteiger partial charge in [-0.15, -0.1) is 11.3 Å². The third-order valence-electron chi connectivity index (χ3n) is 2.72. The minimum Gasteiger partial charge on any atom is -0.493 e. The molecule has 1 atom stereocenters. The van der Waals surface area contributed by atoms with E-state index in [0.29, 0.717) is 11.6 Å². The molecule has 1 aliphatic rings. The van der Waals surface area contributed by atoms with Crippen molar-refractivity contribution >= 4 is 11.3 Å². The van der Waals surface area contributed by atoms with Gasteiger partial charge in [0.2, 0.25) is 0 Å². The Morgan fingerprint density at radius 3 is 3.19 bits per heavy atom. The summed E-state index contributed by atoms with van der Waals surface area (Å²) in [5.41, 5.74) is 2.00. The van der Waals surface area contributed by atoms with Crippen LogP contribution in [0.2, 0.25) is 0 Å². The summed E-state index contributed by atoms with van der Waals surface area (Å²) in [6.45, 7) is 0.705. The van der Waals surface area contributed by atoms with Crippen molar-refractivity contribution in [3.8, 4) is 5.75 Å². The summed E-state index contributed by atoms with van der Waals surface area (Å²) in [4.78, 5) is 4.13. The van der Waals surface area contributed by atoms with Gasteiger partial charge in [-0.05, 0) is 5.56 Å². The zero-order valence-electron chi connectivity index (χ0n) is 8.59. The molecule has 1 N–H and O–H groups in total. The second-order valence-corrected chi connectivity index (χ2v) is 4.63. The van der Waals surface area contributed by atoms with Gasteiger partial charge < -0.3 is 9.84 Å². The highest BCUT2D eigenvalue weighted by atomic mass is 32.1. The Bertz CT molecular complexity index is 496. The van der Waals surface area contributed by atoms with Crippen LogP contribution in [-0.2, 0) is 6.42 Å². The highest BCUT2D eigenvalue weighted by Crippen LogP contribution is 2.36. The van der Waals surface area contributed by atoms with Crippen LogP contribution in [0, 0.1) is 0 Å². The van der Waals surface area contributed by atoms with Crippen LogP contribution in [0.15, 0.2) is 29.8 Å². The molecule has 0 aliphatic carbocycles. The molecule has 0 saturated carbocycles. The molecule has 0 spiro atoms. The molecule has 0 amide bonds. The van der Waals surface area contributed by atoms with Crippen molar-refractivity contribution < 1.29 is 9.84 Å². The first-order valence-corrected chi connectivity index (χ1v) is 6.06. The highest BCUT2D eigenvalue weighted by Gasteiger charge is 2.22. The zero-order chi connectivity index (χ0) is 11.0. The summed E-state index contributed by atoms with van der Waals surface area (Å²) in [5.74, 6) is 0.838. The minimum absolute atomic E-state index is 0.673. The Morgan fingerprint density at radius 2 is 2.38 bits per heavy atom. The van der Waals surface area contributed by atoms with Crippen LogP contribution < -0.4 is 4.74 Å². The Morgan fingerprint density at radius 1 is 1.44 bits per heavy atom. The Kier molecular flexibility index (Phi) is 2.38. The maximum atomic E-state index is 10.2. The summed E-state index contributed by atoms with van der Waals surface area (Å²) < 4.78 is 5.57. The van der Waals surface area contributed by atoms with Gasteiger partial charge >= 0.3 is 0 Å². The van der Waals surface area contributed by atoms with Gasteiger partial charge in [0.15, 0.2) is 0 Å². The third kappa shape index (κ3) is 1.50. The second kappa shape index (κ2) is 3.88. The van der Waals surface area contributed by atoms with Crippen molar-refractivity contribution in [2.45, 2.75) is 12.5 Å². The molecule has 16 heavy (non-hydrogen) atoms. The number of ether oxygens (including phenoxy) is 1. The smallest absolute Gasteiger partial charge is 0.134 e. The summed E-state index contributed by atoms with van der Waals surface area (Å²) in [7, 11) is 0. The van der Waals surface area contributed by atoms with E-state index in [4.69, 9.17) is 4.74 Å². The first kappa shape index (κ1) is 9.81. The number of rotatable bonds is 2. The predicted octanol–water partition coefficient (Wildman–Crippen LogP) is 2.16. The third-order valence-corrected chi connectivity index (χ3v) is 3.55. The molecule has 1 aromatic carbocycles. The van der Waals surface area contributed by atoms with E-state index in [-0.39, 0.29) is 0 Å². The number of aliphatic hydroxyl groups is 1. The molecule has 0 saturated heterocycles. The van der Waals surface area contributed by atoms with E-state index < -0.39 is 6.10 Å². The number of hydrogen-bond donors (Lipinski definition) is 1. The van der Waals surface area contributed by atoms with Crippen molar-refractivity contribution in [3.05, 3.63) is 45.9 Å². The lowest BCUT2D eigenvalue weighted by molar-refractivity contribution is 0.213. The Labute approximate surface area is 97.3 Å². The average Bonchev–Trinajstić information content (AvgIpc) is 2.98. The van der Waals surface area contributed by atoms with Crippen LogP contribution in [0.25, 0.3) is 0 Å². The second-order valence-electron chi connectivity index (χ2n) is 3.71. The lowest BCUT2D eigenvalue weighted by Crippen LogP contribution is -2.01. The van der Waals surface area contributed by atoms with Crippen molar-refractivity contribution in [1.29, 1.82) is 0 Å².